The van der Waals surface area contributed by atoms with Crippen LogP contribution in [0.4, 0.5) is 18.9 Å². The van der Waals surface area contributed by atoms with Gasteiger partial charge in [-0.05, 0) is 86.4 Å². The average molecular weight is 753 g/mol. The molecule has 2 aromatic carbocycles. The molecule has 2 fully saturated rings. The van der Waals surface area contributed by atoms with Crippen LogP contribution in [0.5, 0.6) is 5.75 Å². The summed E-state index contributed by atoms with van der Waals surface area (Å²) < 4.78 is 69.2. The van der Waals surface area contributed by atoms with Crippen molar-refractivity contribution in [2.24, 2.45) is 5.92 Å². The highest BCUT2D eigenvalue weighted by molar-refractivity contribution is 7.84. The molecule has 51 heavy (non-hydrogen) atoms. The molecule has 5 atom stereocenters. The molecule has 2 heterocycles. The Hall–Kier alpha value is -3.13. The number of likely N-dealkylation sites (tertiary alicyclic amines) is 2. The number of fused-ring (bicyclic) bond motifs is 1. The zero-order valence-electron chi connectivity index (χ0n) is 29.6. The summed E-state index contributed by atoms with van der Waals surface area (Å²) in [7, 11) is 1.98. The van der Waals surface area contributed by atoms with Gasteiger partial charge in [0.2, 0.25) is 5.91 Å². The van der Waals surface area contributed by atoms with E-state index in [1.165, 1.54) is 17.2 Å². The third-order valence-electron chi connectivity index (χ3n) is 10.1. The second-order valence-electron chi connectivity index (χ2n) is 14.1. The number of alkyl halides is 2. The van der Waals surface area contributed by atoms with E-state index in [4.69, 9.17) is 21.1 Å². The minimum atomic E-state index is -2.86. The highest BCUT2D eigenvalue weighted by atomic mass is 35.5. The number of amides is 2. The van der Waals surface area contributed by atoms with Crippen LogP contribution in [-0.2, 0) is 26.9 Å². The number of anilines is 1. The van der Waals surface area contributed by atoms with Crippen LogP contribution in [-0.4, -0.2) is 103 Å². The molecule has 1 aliphatic carbocycles. The maximum absolute atomic E-state index is 15.4. The van der Waals surface area contributed by atoms with Crippen LogP contribution in [0.15, 0.2) is 48.3 Å². The Morgan fingerprint density at radius 2 is 1.88 bits per heavy atom. The molecule has 2 aromatic rings. The molecule has 5 unspecified atom stereocenters. The van der Waals surface area contributed by atoms with Crippen LogP contribution < -0.4 is 14.4 Å². The SMILES string of the molecule is CC(C/C=C(\F)C(COCC(=O)N1CC(F)(F)C1)N1CCC1)C(C)S(=O)NC(=O)c1ccc(OCC2CCCc3cc(Cl)ccc32)c(N(C)C)c1. The van der Waals surface area contributed by atoms with Crippen LogP contribution >= 0.6 is 11.6 Å². The van der Waals surface area contributed by atoms with Crippen LogP contribution in [0.3, 0.4) is 0 Å². The number of benzene rings is 2. The van der Waals surface area contributed by atoms with Gasteiger partial charge in [0, 0.05) is 43.7 Å². The number of carbonyl (C=O) groups excluding carboxylic acids is 2. The van der Waals surface area contributed by atoms with Crippen LogP contribution in [0.2, 0.25) is 5.02 Å². The van der Waals surface area contributed by atoms with Crippen LogP contribution in [0.1, 0.15) is 66.9 Å². The minimum absolute atomic E-state index is 0.0904. The number of carbonyl (C=O) groups is 2. The third kappa shape index (κ3) is 10.1. The number of nitrogens with one attached hydrogen (secondary N) is 1. The summed E-state index contributed by atoms with van der Waals surface area (Å²) in [6.07, 6.45) is 5.68. The van der Waals surface area contributed by atoms with Crippen molar-refractivity contribution in [2.45, 2.75) is 69.1 Å². The molecule has 14 heteroatoms. The molecule has 9 nitrogen and oxygen atoms in total. The number of halogens is 4. The van der Waals surface area contributed by atoms with Gasteiger partial charge in [0.25, 0.3) is 11.8 Å². The molecule has 2 saturated heterocycles. The zero-order valence-corrected chi connectivity index (χ0v) is 31.2. The fraction of sp³-hybridized carbons (Fsp3) is 0.568. The zero-order chi connectivity index (χ0) is 36.9. The van der Waals surface area contributed by atoms with Gasteiger partial charge in [0.05, 0.1) is 43.3 Å². The quantitative estimate of drug-likeness (QED) is 0.221. The van der Waals surface area contributed by atoms with Gasteiger partial charge in [-0.2, -0.15) is 0 Å². The van der Waals surface area contributed by atoms with Gasteiger partial charge in [-0.25, -0.2) is 17.4 Å². The van der Waals surface area contributed by atoms with E-state index in [2.05, 4.69) is 10.8 Å². The summed E-state index contributed by atoms with van der Waals surface area (Å²) in [5, 5.41) is 0.242. The van der Waals surface area contributed by atoms with Crippen molar-refractivity contribution in [3.63, 3.8) is 0 Å². The van der Waals surface area contributed by atoms with E-state index < -0.39 is 65.5 Å². The fourth-order valence-electron chi connectivity index (χ4n) is 6.51. The Labute approximate surface area is 306 Å². The van der Waals surface area contributed by atoms with Crippen LogP contribution in [0.25, 0.3) is 0 Å². The van der Waals surface area contributed by atoms with Crippen molar-refractivity contribution in [1.29, 1.82) is 0 Å². The maximum atomic E-state index is 15.4. The Morgan fingerprint density at radius 3 is 2.55 bits per heavy atom. The largest absolute Gasteiger partial charge is 0.491 e. The lowest BCUT2D eigenvalue weighted by molar-refractivity contribution is -0.170. The van der Waals surface area contributed by atoms with E-state index in [0.29, 0.717) is 31.0 Å². The normalized spacial score (nSPS) is 21.0. The maximum Gasteiger partial charge on any atom is 0.282 e. The molecule has 2 aliphatic heterocycles. The highest BCUT2D eigenvalue weighted by Crippen LogP contribution is 2.36. The van der Waals surface area contributed by atoms with Crippen molar-refractivity contribution in [3.05, 3.63) is 70.0 Å². The van der Waals surface area contributed by atoms with Crippen LogP contribution in [0, 0.1) is 5.92 Å². The van der Waals surface area contributed by atoms with Gasteiger partial charge in [0.1, 0.15) is 29.2 Å². The second-order valence-corrected chi connectivity index (χ2v) is 16.1. The van der Waals surface area contributed by atoms with Crippen molar-refractivity contribution < 1.29 is 36.4 Å². The summed E-state index contributed by atoms with van der Waals surface area (Å²) in [6.45, 7) is 3.70. The topological polar surface area (TPSA) is 91.4 Å². The lowest BCUT2D eigenvalue weighted by Gasteiger charge is -2.39. The number of hydrogen-bond donors (Lipinski definition) is 1. The van der Waals surface area contributed by atoms with E-state index >= 15 is 4.39 Å². The predicted octanol–water partition coefficient (Wildman–Crippen LogP) is 6.13. The van der Waals surface area contributed by atoms with Gasteiger partial charge in [0.15, 0.2) is 0 Å². The van der Waals surface area contributed by atoms with Gasteiger partial charge in [-0.15, -0.1) is 0 Å². The summed E-state index contributed by atoms with van der Waals surface area (Å²) in [4.78, 5) is 30.1. The Kier molecular flexibility index (Phi) is 13.1. The highest BCUT2D eigenvalue weighted by Gasteiger charge is 2.46. The molecule has 3 aliphatic rings. The predicted molar refractivity (Wildman–Crippen MR) is 194 cm³/mol. The van der Waals surface area contributed by atoms with Gasteiger partial charge < -0.3 is 19.3 Å². The summed E-state index contributed by atoms with van der Waals surface area (Å²) in [6, 6.07) is 10.5. The first kappa shape index (κ1) is 39.1. The van der Waals surface area contributed by atoms with E-state index in [9.17, 15) is 22.6 Å². The van der Waals surface area contributed by atoms with Crippen molar-refractivity contribution in [1.82, 2.24) is 14.5 Å². The Bertz CT molecular complexity index is 1620. The molecule has 1 N–H and O–H groups in total. The fourth-order valence-corrected chi connectivity index (χ4v) is 7.72. The first-order valence-electron chi connectivity index (χ1n) is 17.5. The first-order valence-corrected chi connectivity index (χ1v) is 19.1. The van der Waals surface area contributed by atoms with Gasteiger partial charge in [-0.1, -0.05) is 30.7 Å². The van der Waals surface area contributed by atoms with E-state index in [-0.39, 0.29) is 24.9 Å². The lowest BCUT2D eigenvalue weighted by atomic mass is 9.83. The molecular formula is C37H48ClF3N4O5S. The van der Waals surface area contributed by atoms with E-state index in [0.717, 1.165) is 41.3 Å². The molecule has 280 valence electrons. The molecule has 0 spiro atoms. The summed E-state index contributed by atoms with van der Waals surface area (Å²) in [5.74, 6) is -3.70. The smallest absolute Gasteiger partial charge is 0.282 e. The second kappa shape index (κ2) is 17.1. The number of nitrogens with zero attached hydrogens (tertiary/aromatic N) is 3. The third-order valence-corrected chi connectivity index (χ3v) is 11.8. The Morgan fingerprint density at radius 1 is 1.14 bits per heavy atom. The Balaban J connectivity index is 1.12. The number of ether oxygens (including phenoxy) is 2. The molecule has 0 saturated carbocycles. The van der Waals surface area contributed by atoms with Crippen molar-refractivity contribution >= 4 is 40.1 Å². The monoisotopic (exact) mass is 752 g/mol. The van der Waals surface area contributed by atoms with Crippen molar-refractivity contribution in [2.75, 3.05) is 65.0 Å². The average Bonchev–Trinajstić information content (AvgIpc) is 3.06. The lowest BCUT2D eigenvalue weighted by Crippen LogP contribution is -2.59. The first-order chi connectivity index (χ1) is 24.2. The molecule has 2 amide bonds. The summed E-state index contributed by atoms with van der Waals surface area (Å²) >= 11 is 6.21. The molecule has 5 rings (SSSR count). The van der Waals surface area contributed by atoms with E-state index in [1.54, 1.807) is 25.1 Å². The number of hydrogen-bond acceptors (Lipinski definition) is 7. The summed E-state index contributed by atoms with van der Waals surface area (Å²) in [5.41, 5.74) is 3.57. The minimum Gasteiger partial charge on any atom is -0.491 e. The van der Waals surface area contributed by atoms with Gasteiger partial charge >= 0.3 is 0 Å². The van der Waals surface area contributed by atoms with Gasteiger partial charge in [-0.3, -0.25) is 19.2 Å². The molecule has 0 aromatic heterocycles. The molecule has 0 radical (unpaired) electrons. The standard InChI is InChI=1S/C37H48ClF3N4O5S/c1-24(9-13-31(39)33(44-15-6-16-44)20-49-21-35(46)45-22-37(40,41)23-45)25(2)51(48)42-36(47)27-10-14-34(32(18-27)43(3)4)50-19-28-8-5-7-26-17-29(38)11-12-30(26)28/h10-14,17-18,24-25,28,33H,5-9,15-16,19-23H2,1-4H3,(H,42,47)/b31-13-. The number of rotatable bonds is 16. The molecule has 0 bridgehead atoms. The van der Waals surface area contributed by atoms with Crippen molar-refractivity contribution in [3.8, 4) is 5.75 Å². The number of allylic oxidation sites excluding steroid dienone is 1. The molecular weight excluding hydrogens is 705 g/mol. The number of aryl methyl sites for hydroxylation is 1. The van der Waals surface area contributed by atoms with E-state index in [1.807, 2.05) is 43.0 Å².